The summed E-state index contributed by atoms with van der Waals surface area (Å²) in [6.07, 6.45) is 9.69. The van der Waals surface area contributed by atoms with Crippen LogP contribution in [0.3, 0.4) is 0 Å². The fourth-order valence-corrected chi connectivity index (χ4v) is 2.35. The number of amides is 1. The summed E-state index contributed by atoms with van der Waals surface area (Å²) < 4.78 is 0. The summed E-state index contributed by atoms with van der Waals surface area (Å²) in [5.41, 5.74) is 7.01. The van der Waals surface area contributed by atoms with Crippen LogP contribution in [0.4, 0.5) is 0 Å². The number of nitrogens with two attached hydrogens (primary N) is 1. The topological polar surface area (TPSA) is 68.9 Å². The van der Waals surface area contributed by atoms with Gasteiger partial charge in [0.05, 0.1) is 17.3 Å². The zero-order valence-corrected chi connectivity index (χ0v) is 10.2. The van der Waals surface area contributed by atoms with Gasteiger partial charge in [0.1, 0.15) is 0 Å². The van der Waals surface area contributed by atoms with Crippen LogP contribution in [0.5, 0.6) is 0 Å². The van der Waals surface area contributed by atoms with Crippen LogP contribution in [0.2, 0.25) is 0 Å². The molecule has 92 valence electrons. The highest BCUT2D eigenvalue weighted by Gasteiger charge is 2.19. The lowest BCUT2D eigenvalue weighted by atomic mass is 9.87. The van der Waals surface area contributed by atoms with Crippen LogP contribution in [0.15, 0.2) is 12.4 Å². The average Bonchev–Trinajstić information content (AvgIpc) is 2.39. The van der Waals surface area contributed by atoms with Gasteiger partial charge in [-0.15, -0.1) is 0 Å². The molecule has 1 unspecified atom stereocenters. The van der Waals surface area contributed by atoms with Crippen LogP contribution in [-0.2, 0) is 4.79 Å². The first-order valence-corrected chi connectivity index (χ1v) is 6.29. The van der Waals surface area contributed by atoms with Crippen molar-refractivity contribution in [3.05, 3.63) is 23.8 Å². The van der Waals surface area contributed by atoms with Crippen molar-refractivity contribution >= 4 is 5.91 Å². The molecule has 1 heterocycles. The molecule has 0 spiro atoms. The monoisotopic (exact) mass is 233 g/mol. The van der Waals surface area contributed by atoms with Gasteiger partial charge >= 0.3 is 0 Å². The zero-order valence-electron chi connectivity index (χ0n) is 10.2. The molecule has 0 aliphatic heterocycles. The minimum absolute atomic E-state index is 0.347. The first-order valence-electron chi connectivity index (χ1n) is 6.29. The van der Waals surface area contributed by atoms with E-state index in [1.165, 1.54) is 32.1 Å². The molecule has 0 aromatic carbocycles. The molecular formula is C13H19N3O. The highest BCUT2D eigenvalue weighted by atomic mass is 16.1. The summed E-state index contributed by atoms with van der Waals surface area (Å²) in [5, 5.41) is 0. The molecule has 0 saturated heterocycles. The summed E-state index contributed by atoms with van der Waals surface area (Å²) in [7, 11) is 0. The third-order valence-corrected chi connectivity index (χ3v) is 3.57. The van der Waals surface area contributed by atoms with E-state index in [0.717, 1.165) is 5.69 Å². The Morgan fingerprint density at radius 3 is 2.71 bits per heavy atom. The average molecular weight is 233 g/mol. The molecule has 1 aliphatic carbocycles. The molecule has 1 saturated carbocycles. The lowest BCUT2D eigenvalue weighted by molar-refractivity contribution is -0.119. The standard InChI is InChI=1S/C13H19N3O/c1-9(13(14)17)11-7-15-8-12(16-11)10-5-3-2-4-6-10/h7-10H,2-6H2,1H3,(H2,14,17). The number of aromatic nitrogens is 2. The predicted octanol–water partition coefficient (Wildman–Crippen LogP) is 2.11. The molecule has 0 radical (unpaired) electrons. The second-order valence-electron chi connectivity index (χ2n) is 4.83. The number of carbonyl (C=O) groups excluding carboxylic acids is 1. The fourth-order valence-electron chi connectivity index (χ4n) is 2.35. The molecule has 1 fully saturated rings. The number of hydrogen-bond donors (Lipinski definition) is 1. The van der Waals surface area contributed by atoms with Crippen molar-refractivity contribution in [3.63, 3.8) is 0 Å². The van der Waals surface area contributed by atoms with E-state index >= 15 is 0 Å². The third kappa shape index (κ3) is 2.81. The van der Waals surface area contributed by atoms with Gasteiger partial charge in [0, 0.05) is 18.3 Å². The van der Waals surface area contributed by atoms with E-state index in [4.69, 9.17) is 5.73 Å². The predicted molar refractivity (Wildman–Crippen MR) is 65.5 cm³/mol. The van der Waals surface area contributed by atoms with E-state index < -0.39 is 0 Å². The Bertz CT molecular complexity index is 399. The van der Waals surface area contributed by atoms with E-state index in [-0.39, 0.29) is 11.8 Å². The zero-order chi connectivity index (χ0) is 12.3. The van der Waals surface area contributed by atoms with Gasteiger partial charge in [0.15, 0.2) is 0 Å². The molecule has 1 aromatic heterocycles. The Morgan fingerprint density at radius 2 is 2.06 bits per heavy atom. The first kappa shape index (κ1) is 12.0. The summed E-state index contributed by atoms with van der Waals surface area (Å²) in [6, 6.07) is 0. The van der Waals surface area contributed by atoms with Crippen molar-refractivity contribution in [1.82, 2.24) is 9.97 Å². The van der Waals surface area contributed by atoms with E-state index in [1.54, 1.807) is 13.1 Å². The lowest BCUT2D eigenvalue weighted by Crippen LogP contribution is -2.20. The van der Waals surface area contributed by atoms with Crippen LogP contribution >= 0.6 is 0 Å². The summed E-state index contributed by atoms with van der Waals surface area (Å²) >= 11 is 0. The number of hydrogen-bond acceptors (Lipinski definition) is 3. The van der Waals surface area contributed by atoms with Gasteiger partial charge in [-0.25, -0.2) is 0 Å². The maximum absolute atomic E-state index is 11.1. The van der Waals surface area contributed by atoms with Crippen molar-refractivity contribution < 1.29 is 4.79 Å². The van der Waals surface area contributed by atoms with Crippen LogP contribution < -0.4 is 5.73 Å². The van der Waals surface area contributed by atoms with Crippen molar-refractivity contribution in [3.8, 4) is 0 Å². The quantitative estimate of drug-likeness (QED) is 0.869. The van der Waals surface area contributed by atoms with Crippen LogP contribution in [0, 0.1) is 0 Å². The first-order chi connectivity index (χ1) is 8.18. The minimum Gasteiger partial charge on any atom is -0.369 e. The SMILES string of the molecule is CC(C(N)=O)c1cncc(C2CCCCC2)n1. The van der Waals surface area contributed by atoms with Crippen LogP contribution in [0.25, 0.3) is 0 Å². The van der Waals surface area contributed by atoms with Gasteiger partial charge in [-0.1, -0.05) is 19.3 Å². The van der Waals surface area contributed by atoms with Crippen molar-refractivity contribution in [2.24, 2.45) is 5.73 Å². The number of carbonyl (C=O) groups is 1. The lowest BCUT2D eigenvalue weighted by Gasteiger charge is -2.21. The van der Waals surface area contributed by atoms with Gasteiger partial charge < -0.3 is 5.73 Å². The summed E-state index contributed by atoms with van der Waals surface area (Å²) in [4.78, 5) is 19.9. The largest absolute Gasteiger partial charge is 0.369 e. The third-order valence-electron chi connectivity index (χ3n) is 3.57. The van der Waals surface area contributed by atoms with Gasteiger partial charge in [0.25, 0.3) is 0 Å². The molecule has 1 aromatic rings. The van der Waals surface area contributed by atoms with Crippen LogP contribution in [-0.4, -0.2) is 15.9 Å². The summed E-state index contributed by atoms with van der Waals surface area (Å²) in [5.74, 6) is -0.192. The van der Waals surface area contributed by atoms with Crippen LogP contribution in [0.1, 0.15) is 62.3 Å². The highest BCUT2D eigenvalue weighted by Crippen LogP contribution is 2.31. The molecule has 1 aliphatic rings. The Balaban J connectivity index is 2.18. The molecular weight excluding hydrogens is 214 g/mol. The van der Waals surface area contributed by atoms with E-state index in [2.05, 4.69) is 9.97 Å². The van der Waals surface area contributed by atoms with Crippen molar-refractivity contribution in [1.29, 1.82) is 0 Å². The molecule has 4 heteroatoms. The molecule has 4 nitrogen and oxygen atoms in total. The molecule has 2 rings (SSSR count). The Labute approximate surface area is 102 Å². The Hall–Kier alpha value is -1.45. The second kappa shape index (κ2) is 5.25. The van der Waals surface area contributed by atoms with Crippen molar-refractivity contribution in [2.75, 3.05) is 0 Å². The van der Waals surface area contributed by atoms with E-state index in [9.17, 15) is 4.79 Å². The fraction of sp³-hybridized carbons (Fsp3) is 0.615. The van der Waals surface area contributed by atoms with Gasteiger partial charge in [-0.05, 0) is 19.8 Å². The molecule has 2 N–H and O–H groups in total. The summed E-state index contributed by atoms with van der Waals surface area (Å²) in [6.45, 7) is 1.77. The smallest absolute Gasteiger partial charge is 0.226 e. The molecule has 1 atom stereocenters. The normalized spacial score (nSPS) is 18.9. The Morgan fingerprint density at radius 1 is 1.35 bits per heavy atom. The van der Waals surface area contributed by atoms with E-state index in [0.29, 0.717) is 11.6 Å². The number of rotatable bonds is 3. The second-order valence-corrected chi connectivity index (χ2v) is 4.83. The molecule has 1 amide bonds. The van der Waals surface area contributed by atoms with Crippen molar-refractivity contribution in [2.45, 2.75) is 50.9 Å². The van der Waals surface area contributed by atoms with E-state index in [1.807, 2.05) is 6.20 Å². The Kier molecular flexibility index (Phi) is 3.71. The van der Waals surface area contributed by atoms with Gasteiger partial charge in [0.2, 0.25) is 5.91 Å². The minimum atomic E-state index is -0.356. The maximum atomic E-state index is 11.1. The number of nitrogens with zero attached hydrogens (tertiary/aromatic N) is 2. The molecule has 17 heavy (non-hydrogen) atoms. The van der Waals surface area contributed by atoms with Gasteiger partial charge in [-0.3, -0.25) is 14.8 Å². The number of primary amides is 1. The highest BCUT2D eigenvalue weighted by molar-refractivity contribution is 5.80. The maximum Gasteiger partial charge on any atom is 0.226 e. The molecule has 0 bridgehead atoms. The van der Waals surface area contributed by atoms with Gasteiger partial charge in [-0.2, -0.15) is 0 Å².